The number of carbonyl (C=O) groups excluding carboxylic acids is 1. The normalized spacial score (nSPS) is 10.1. The molecule has 0 aliphatic rings. The first kappa shape index (κ1) is 12.1. The second-order valence-corrected chi connectivity index (χ2v) is 3.98. The molecule has 0 spiro atoms. The highest BCUT2D eigenvalue weighted by Gasteiger charge is 2.11. The lowest BCUT2D eigenvalue weighted by Crippen LogP contribution is -2.13. The Balaban J connectivity index is 2.19. The van der Waals surface area contributed by atoms with Gasteiger partial charge in [-0.3, -0.25) is 4.79 Å². The molecule has 18 heavy (non-hydrogen) atoms. The van der Waals surface area contributed by atoms with Gasteiger partial charge < -0.3 is 10.4 Å². The van der Waals surface area contributed by atoms with Crippen molar-refractivity contribution in [2.24, 2.45) is 0 Å². The fourth-order valence-corrected chi connectivity index (χ4v) is 1.55. The van der Waals surface area contributed by atoms with Crippen LogP contribution in [0.1, 0.15) is 15.9 Å². The molecule has 2 N–H and O–H groups in total. The van der Waals surface area contributed by atoms with E-state index in [-0.39, 0.29) is 11.3 Å². The van der Waals surface area contributed by atoms with E-state index in [9.17, 15) is 9.18 Å². The number of halogens is 1. The summed E-state index contributed by atoms with van der Waals surface area (Å²) in [5, 5.41) is 11.7. The minimum absolute atomic E-state index is 0.00586. The fraction of sp³-hybridized carbons (Fsp3) is 0.0714. The summed E-state index contributed by atoms with van der Waals surface area (Å²) in [5.41, 5.74) is 1.25. The van der Waals surface area contributed by atoms with Crippen molar-refractivity contribution >= 4 is 11.6 Å². The molecule has 3 nitrogen and oxygen atoms in total. The molecule has 2 rings (SSSR count). The average Bonchev–Trinajstić information content (AvgIpc) is 2.32. The summed E-state index contributed by atoms with van der Waals surface area (Å²) < 4.78 is 13.6. The summed E-state index contributed by atoms with van der Waals surface area (Å²) in [4.78, 5) is 11.8. The van der Waals surface area contributed by atoms with Crippen molar-refractivity contribution in [2.45, 2.75) is 6.92 Å². The van der Waals surface area contributed by atoms with Crippen LogP contribution in [0.15, 0.2) is 42.5 Å². The van der Waals surface area contributed by atoms with Crippen LogP contribution in [0.4, 0.5) is 10.1 Å². The monoisotopic (exact) mass is 245 g/mol. The summed E-state index contributed by atoms with van der Waals surface area (Å²) in [5.74, 6) is -0.959. The minimum Gasteiger partial charge on any atom is -0.508 e. The highest BCUT2D eigenvalue weighted by Crippen LogP contribution is 2.16. The van der Waals surface area contributed by atoms with Crippen molar-refractivity contribution in [3.05, 3.63) is 59.4 Å². The van der Waals surface area contributed by atoms with E-state index in [0.717, 1.165) is 5.56 Å². The van der Waals surface area contributed by atoms with E-state index in [0.29, 0.717) is 5.69 Å². The lowest BCUT2D eigenvalue weighted by Gasteiger charge is -2.06. The van der Waals surface area contributed by atoms with Gasteiger partial charge in [0.05, 0.1) is 5.56 Å². The van der Waals surface area contributed by atoms with Gasteiger partial charge in [0.25, 0.3) is 5.91 Å². The van der Waals surface area contributed by atoms with Gasteiger partial charge in [0, 0.05) is 5.69 Å². The summed E-state index contributed by atoms with van der Waals surface area (Å²) in [6.45, 7) is 1.75. The summed E-state index contributed by atoms with van der Waals surface area (Å²) in [7, 11) is 0. The van der Waals surface area contributed by atoms with E-state index >= 15 is 0 Å². The predicted octanol–water partition coefficient (Wildman–Crippen LogP) is 3.09. The first-order chi connectivity index (χ1) is 8.56. The number of carbonyl (C=O) groups is 1. The summed E-state index contributed by atoms with van der Waals surface area (Å²) >= 11 is 0. The highest BCUT2D eigenvalue weighted by molar-refractivity contribution is 6.04. The Kier molecular flexibility index (Phi) is 3.28. The molecule has 0 aliphatic carbocycles. The molecule has 0 aromatic heterocycles. The van der Waals surface area contributed by atoms with Crippen LogP contribution in [-0.2, 0) is 0 Å². The van der Waals surface area contributed by atoms with E-state index in [2.05, 4.69) is 5.32 Å². The molecule has 0 aliphatic heterocycles. The number of aryl methyl sites for hydroxylation is 1. The van der Waals surface area contributed by atoms with Crippen molar-refractivity contribution in [1.29, 1.82) is 0 Å². The van der Waals surface area contributed by atoms with E-state index < -0.39 is 11.7 Å². The second kappa shape index (κ2) is 4.87. The van der Waals surface area contributed by atoms with E-state index in [1.54, 1.807) is 25.1 Å². The maximum absolute atomic E-state index is 13.6. The van der Waals surface area contributed by atoms with Gasteiger partial charge in [-0.15, -0.1) is 0 Å². The van der Waals surface area contributed by atoms with Crippen molar-refractivity contribution in [1.82, 2.24) is 0 Å². The number of phenolic OH excluding ortho intramolecular Hbond substituents is 1. The maximum atomic E-state index is 13.6. The Morgan fingerprint density at radius 2 is 1.83 bits per heavy atom. The lowest BCUT2D eigenvalue weighted by atomic mass is 10.1. The van der Waals surface area contributed by atoms with Gasteiger partial charge in [-0.2, -0.15) is 0 Å². The molecule has 0 radical (unpaired) electrons. The van der Waals surface area contributed by atoms with Crippen LogP contribution in [-0.4, -0.2) is 11.0 Å². The summed E-state index contributed by atoms with van der Waals surface area (Å²) in [6.07, 6.45) is 0. The van der Waals surface area contributed by atoms with Crippen molar-refractivity contribution in [3.63, 3.8) is 0 Å². The largest absolute Gasteiger partial charge is 0.508 e. The predicted molar refractivity (Wildman–Crippen MR) is 67.2 cm³/mol. The standard InChI is InChI=1S/C14H12FNO2/c1-9-2-7-12(13(15)8-9)14(18)16-10-3-5-11(17)6-4-10/h2-8,17H,1H3,(H,16,18). The Labute approximate surface area is 104 Å². The Hall–Kier alpha value is -2.36. The van der Waals surface area contributed by atoms with Gasteiger partial charge in [-0.1, -0.05) is 6.07 Å². The number of hydrogen-bond donors (Lipinski definition) is 2. The number of benzene rings is 2. The molecule has 92 valence electrons. The lowest BCUT2D eigenvalue weighted by molar-refractivity contribution is 0.102. The number of phenols is 1. The number of hydrogen-bond acceptors (Lipinski definition) is 2. The Morgan fingerprint density at radius 3 is 2.44 bits per heavy atom. The van der Waals surface area contributed by atoms with Gasteiger partial charge in [-0.05, 0) is 48.9 Å². The molecule has 0 atom stereocenters. The van der Waals surface area contributed by atoms with Crippen LogP contribution in [0.3, 0.4) is 0 Å². The van der Waals surface area contributed by atoms with Crippen LogP contribution in [0.2, 0.25) is 0 Å². The number of aromatic hydroxyl groups is 1. The van der Waals surface area contributed by atoms with Gasteiger partial charge in [0.1, 0.15) is 11.6 Å². The van der Waals surface area contributed by atoms with Crippen molar-refractivity contribution in [2.75, 3.05) is 5.32 Å². The van der Waals surface area contributed by atoms with E-state index in [4.69, 9.17) is 5.11 Å². The number of rotatable bonds is 2. The first-order valence-electron chi connectivity index (χ1n) is 5.43. The third-order valence-electron chi connectivity index (χ3n) is 2.49. The molecule has 0 unspecified atom stereocenters. The molecule has 2 aromatic carbocycles. The highest BCUT2D eigenvalue weighted by atomic mass is 19.1. The Morgan fingerprint density at radius 1 is 1.17 bits per heavy atom. The smallest absolute Gasteiger partial charge is 0.258 e. The van der Waals surface area contributed by atoms with Crippen LogP contribution < -0.4 is 5.32 Å². The van der Waals surface area contributed by atoms with Gasteiger partial charge in [0.15, 0.2) is 0 Å². The fourth-order valence-electron chi connectivity index (χ4n) is 1.55. The third-order valence-corrected chi connectivity index (χ3v) is 2.49. The van der Waals surface area contributed by atoms with Crippen molar-refractivity contribution in [3.8, 4) is 5.75 Å². The molecular weight excluding hydrogens is 233 g/mol. The molecule has 0 saturated carbocycles. The zero-order valence-corrected chi connectivity index (χ0v) is 9.77. The molecular formula is C14H12FNO2. The Bertz CT molecular complexity index is 579. The van der Waals surface area contributed by atoms with E-state index in [1.165, 1.54) is 24.3 Å². The number of nitrogens with one attached hydrogen (secondary N) is 1. The molecule has 1 amide bonds. The van der Waals surface area contributed by atoms with E-state index in [1.807, 2.05) is 0 Å². The second-order valence-electron chi connectivity index (χ2n) is 3.98. The van der Waals surface area contributed by atoms with Crippen LogP contribution in [0.5, 0.6) is 5.75 Å². The zero-order chi connectivity index (χ0) is 13.1. The van der Waals surface area contributed by atoms with Crippen molar-refractivity contribution < 1.29 is 14.3 Å². The summed E-state index contributed by atoms with van der Waals surface area (Å²) in [6, 6.07) is 10.4. The first-order valence-corrected chi connectivity index (χ1v) is 5.43. The molecule has 0 fully saturated rings. The van der Waals surface area contributed by atoms with Gasteiger partial charge in [-0.25, -0.2) is 4.39 Å². The van der Waals surface area contributed by atoms with Crippen LogP contribution in [0.25, 0.3) is 0 Å². The van der Waals surface area contributed by atoms with Gasteiger partial charge in [0.2, 0.25) is 0 Å². The average molecular weight is 245 g/mol. The van der Waals surface area contributed by atoms with Crippen LogP contribution in [0, 0.1) is 12.7 Å². The molecule has 4 heteroatoms. The van der Waals surface area contributed by atoms with Crippen LogP contribution >= 0.6 is 0 Å². The SMILES string of the molecule is Cc1ccc(C(=O)Nc2ccc(O)cc2)c(F)c1. The maximum Gasteiger partial charge on any atom is 0.258 e. The number of amides is 1. The minimum atomic E-state index is -0.550. The molecule has 2 aromatic rings. The molecule has 0 heterocycles. The quantitative estimate of drug-likeness (QED) is 0.799. The molecule has 0 saturated heterocycles. The third kappa shape index (κ3) is 2.66. The van der Waals surface area contributed by atoms with Gasteiger partial charge >= 0.3 is 0 Å². The zero-order valence-electron chi connectivity index (χ0n) is 9.77. The topological polar surface area (TPSA) is 49.3 Å². The number of anilines is 1. The molecule has 0 bridgehead atoms.